The second-order valence-corrected chi connectivity index (χ2v) is 8.58. The summed E-state index contributed by atoms with van der Waals surface area (Å²) in [5.41, 5.74) is 1.44. The van der Waals surface area contributed by atoms with Crippen LogP contribution in [0.2, 0.25) is 0 Å². The minimum atomic E-state index is -0.00407. The van der Waals surface area contributed by atoms with Gasteiger partial charge in [-0.25, -0.2) is 0 Å². The van der Waals surface area contributed by atoms with Crippen molar-refractivity contribution in [3.63, 3.8) is 0 Å². The SMILES string of the molecule is Oc1cc(O)cc(/C=C/c2ccc(OCCCSC(=S)N3CCCC3)c(O)c2)c1. The number of ether oxygens (including phenoxy) is 1. The molecular weight excluding hydrogens is 406 g/mol. The van der Waals surface area contributed by atoms with Crippen LogP contribution in [0, 0.1) is 0 Å². The van der Waals surface area contributed by atoms with Gasteiger partial charge in [0.25, 0.3) is 0 Å². The van der Waals surface area contributed by atoms with Gasteiger partial charge in [-0.2, -0.15) is 0 Å². The van der Waals surface area contributed by atoms with E-state index in [4.69, 9.17) is 17.0 Å². The number of rotatable bonds is 7. The summed E-state index contributed by atoms with van der Waals surface area (Å²) in [5.74, 6) is 1.41. The number of thiocarbonyl (C=S) groups is 1. The number of phenolic OH excluding ortho intramolecular Hbond substituents is 3. The van der Waals surface area contributed by atoms with Gasteiger partial charge in [-0.1, -0.05) is 42.2 Å². The summed E-state index contributed by atoms with van der Waals surface area (Å²) in [6.45, 7) is 2.66. The summed E-state index contributed by atoms with van der Waals surface area (Å²) in [6, 6.07) is 9.55. The molecule has 154 valence electrons. The van der Waals surface area contributed by atoms with E-state index in [1.807, 2.05) is 6.07 Å². The molecule has 3 N–H and O–H groups in total. The molecule has 7 heteroatoms. The zero-order valence-electron chi connectivity index (χ0n) is 16.1. The molecule has 0 saturated carbocycles. The fraction of sp³-hybridized carbons (Fsp3) is 0.318. The Morgan fingerprint density at radius 1 is 1.00 bits per heavy atom. The van der Waals surface area contributed by atoms with Crippen LogP contribution in [-0.2, 0) is 0 Å². The molecule has 29 heavy (non-hydrogen) atoms. The largest absolute Gasteiger partial charge is 0.508 e. The molecule has 0 spiro atoms. The molecule has 2 aromatic carbocycles. The Kier molecular flexibility index (Phi) is 7.66. The first-order valence-corrected chi connectivity index (χ1v) is 11.0. The zero-order chi connectivity index (χ0) is 20.6. The molecule has 1 aliphatic heterocycles. The van der Waals surface area contributed by atoms with Gasteiger partial charge in [-0.3, -0.25) is 0 Å². The summed E-state index contributed by atoms with van der Waals surface area (Å²) >= 11 is 7.13. The third-order valence-electron chi connectivity index (χ3n) is 4.51. The Bertz CT molecular complexity index is 859. The van der Waals surface area contributed by atoms with Gasteiger partial charge in [0.05, 0.1) is 6.61 Å². The highest BCUT2D eigenvalue weighted by molar-refractivity contribution is 8.22. The van der Waals surface area contributed by atoms with Crippen molar-refractivity contribution in [3.8, 4) is 23.0 Å². The Morgan fingerprint density at radius 2 is 1.69 bits per heavy atom. The van der Waals surface area contributed by atoms with Crippen LogP contribution in [0.25, 0.3) is 12.2 Å². The van der Waals surface area contributed by atoms with Gasteiger partial charge < -0.3 is 25.0 Å². The van der Waals surface area contributed by atoms with E-state index in [1.165, 1.54) is 18.9 Å². The van der Waals surface area contributed by atoms with E-state index in [1.54, 1.807) is 48.2 Å². The zero-order valence-corrected chi connectivity index (χ0v) is 17.7. The van der Waals surface area contributed by atoms with Gasteiger partial charge in [0, 0.05) is 24.9 Å². The van der Waals surface area contributed by atoms with E-state index in [2.05, 4.69) is 4.90 Å². The second kappa shape index (κ2) is 10.4. The molecule has 5 nitrogen and oxygen atoms in total. The van der Waals surface area contributed by atoms with Gasteiger partial charge >= 0.3 is 0 Å². The van der Waals surface area contributed by atoms with E-state index in [0.717, 1.165) is 35.1 Å². The lowest BCUT2D eigenvalue weighted by molar-refractivity contribution is 0.300. The van der Waals surface area contributed by atoms with Crippen LogP contribution in [-0.4, -0.2) is 50.0 Å². The van der Waals surface area contributed by atoms with Crippen LogP contribution >= 0.6 is 24.0 Å². The van der Waals surface area contributed by atoms with E-state index < -0.39 is 0 Å². The molecule has 0 radical (unpaired) electrons. The number of thioether (sulfide) groups is 1. The molecule has 1 heterocycles. The number of aromatic hydroxyl groups is 3. The molecule has 3 rings (SSSR count). The van der Waals surface area contributed by atoms with Crippen LogP contribution < -0.4 is 4.74 Å². The van der Waals surface area contributed by atoms with Crippen LogP contribution in [0.15, 0.2) is 36.4 Å². The lowest BCUT2D eigenvalue weighted by atomic mass is 10.1. The molecule has 0 aliphatic carbocycles. The van der Waals surface area contributed by atoms with E-state index in [0.29, 0.717) is 17.9 Å². The summed E-state index contributed by atoms with van der Waals surface area (Å²) in [6.07, 6.45) is 6.83. The Hall–Kier alpha value is -2.38. The van der Waals surface area contributed by atoms with Crippen molar-refractivity contribution in [2.24, 2.45) is 0 Å². The topological polar surface area (TPSA) is 73.2 Å². The predicted octanol–water partition coefficient (Wildman–Crippen LogP) is 4.86. The molecule has 0 amide bonds. The molecule has 1 fully saturated rings. The van der Waals surface area contributed by atoms with Crippen molar-refractivity contribution in [2.75, 3.05) is 25.4 Å². The molecule has 0 aromatic heterocycles. The first-order chi connectivity index (χ1) is 14.0. The minimum absolute atomic E-state index is 0.00407. The van der Waals surface area contributed by atoms with Crippen molar-refractivity contribution in [1.82, 2.24) is 4.90 Å². The number of phenols is 3. The summed E-state index contributed by atoms with van der Waals surface area (Å²) in [5, 5.41) is 29.2. The summed E-state index contributed by atoms with van der Waals surface area (Å²) in [7, 11) is 0. The first kappa shape index (κ1) is 21.3. The van der Waals surface area contributed by atoms with Crippen molar-refractivity contribution in [3.05, 3.63) is 47.5 Å². The molecule has 2 aromatic rings. The molecular formula is C22H25NO4S2. The predicted molar refractivity (Wildman–Crippen MR) is 123 cm³/mol. The van der Waals surface area contributed by atoms with Gasteiger partial charge in [0.15, 0.2) is 11.5 Å². The quantitative estimate of drug-likeness (QED) is 0.329. The highest BCUT2D eigenvalue weighted by Crippen LogP contribution is 2.28. The second-order valence-electron chi connectivity index (χ2n) is 6.85. The van der Waals surface area contributed by atoms with Crippen LogP contribution in [0.5, 0.6) is 23.0 Å². The third-order valence-corrected chi connectivity index (χ3v) is 6.12. The number of nitrogens with zero attached hydrogens (tertiary/aromatic N) is 1. The van der Waals surface area contributed by atoms with Gasteiger partial charge in [0.1, 0.15) is 15.8 Å². The van der Waals surface area contributed by atoms with Gasteiger partial charge in [-0.15, -0.1) is 0 Å². The minimum Gasteiger partial charge on any atom is -0.508 e. The highest BCUT2D eigenvalue weighted by Gasteiger charge is 2.14. The van der Waals surface area contributed by atoms with E-state index in [-0.39, 0.29) is 17.2 Å². The van der Waals surface area contributed by atoms with Crippen molar-refractivity contribution in [2.45, 2.75) is 19.3 Å². The fourth-order valence-corrected chi connectivity index (χ4v) is 4.29. The molecule has 1 saturated heterocycles. The van der Waals surface area contributed by atoms with E-state index in [9.17, 15) is 15.3 Å². The summed E-state index contributed by atoms with van der Waals surface area (Å²) in [4.78, 5) is 2.26. The molecule has 0 atom stereocenters. The Labute approximate surface area is 180 Å². The van der Waals surface area contributed by atoms with Gasteiger partial charge in [0.2, 0.25) is 0 Å². The van der Waals surface area contributed by atoms with E-state index >= 15 is 0 Å². The molecule has 0 unspecified atom stereocenters. The Morgan fingerprint density at radius 3 is 2.38 bits per heavy atom. The van der Waals surface area contributed by atoms with Gasteiger partial charge in [-0.05, 0) is 54.7 Å². The highest BCUT2D eigenvalue weighted by atomic mass is 32.2. The summed E-state index contributed by atoms with van der Waals surface area (Å²) < 4.78 is 6.66. The third kappa shape index (κ3) is 6.58. The maximum atomic E-state index is 10.2. The standard InChI is InChI=1S/C22H25NO4S2/c24-18-12-17(13-19(25)15-18)5-4-16-6-7-21(20(26)14-16)27-10-3-11-29-22(28)23-8-1-2-9-23/h4-7,12-15,24-26H,1-3,8-11H2/b5-4+. The van der Waals surface area contributed by atoms with Crippen LogP contribution in [0.4, 0.5) is 0 Å². The Balaban J connectivity index is 1.45. The van der Waals surface area contributed by atoms with Crippen LogP contribution in [0.3, 0.4) is 0 Å². The molecule has 0 bridgehead atoms. The molecule has 1 aliphatic rings. The average Bonchev–Trinajstić information content (AvgIpc) is 3.21. The van der Waals surface area contributed by atoms with Crippen molar-refractivity contribution < 1.29 is 20.1 Å². The average molecular weight is 432 g/mol. The number of benzene rings is 2. The number of hydrogen-bond acceptors (Lipinski definition) is 6. The maximum absolute atomic E-state index is 10.2. The lowest BCUT2D eigenvalue weighted by Crippen LogP contribution is -2.23. The smallest absolute Gasteiger partial charge is 0.160 e. The number of likely N-dealkylation sites (tertiary alicyclic amines) is 1. The van der Waals surface area contributed by atoms with Crippen molar-refractivity contribution >= 4 is 40.5 Å². The first-order valence-electron chi connectivity index (χ1n) is 9.60. The maximum Gasteiger partial charge on any atom is 0.160 e. The van der Waals surface area contributed by atoms with Crippen LogP contribution in [0.1, 0.15) is 30.4 Å². The lowest BCUT2D eigenvalue weighted by Gasteiger charge is -2.17. The fourth-order valence-electron chi connectivity index (χ4n) is 3.06. The number of hydrogen-bond donors (Lipinski definition) is 3. The van der Waals surface area contributed by atoms with Crippen molar-refractivity contribution in [1.29, 1.82) is 0 Å². The normalized spacial score (nSPS) is 13.9. The monoisotopic (exact) mass is 431 g/mol.